The molecule has 372 valence electrons. The van der Waals surface area contributed by atoms with Gasteiger partial charge in [-0.3, -0.25) is 39.4 Å². The number of ether oxygens (including phenoxy) is 3. The molecule has 18 heteroatoms. The molecule has 4 N–H and O–H groups in total. The number of rotatable bonds is 20. The van der Waals surface area contributed by atoms with Crippen LogP contribution in [0, 0.1) is 24.2 Å². The molecule has 4 aromatic rings. The number of thioether (sulfide) groups is 1. The van der Waals surface area contributed by atoms with Crippen molar-refractivity contribution in [3.63, 3.8) is 0 Å². The number of fused-ring (bicyclic) bond motifs is 2. The minimum absolute atomic E-state index is 0.0812. The van der Waals surface area contributed by atoms with E-state index in [1.807, 2.05) is 42.6 Å². The molecule has 5 amide bonds. The minimum atomic E-state index is -0.639. The lowest BCUT2D eigenvalue weighted by atomic mass is 9.82. The number of amides is 5. The average Bonchev–Trinajstić information content (AvgIpc) is 3.89. The number of benzene rings is 2. The van der Waals surface area contributed by atoms with Gasteiger partial charge in [-0.05, 0) is 110 Å². The Morgan fingerprint density at radius 1 is 0.871 bits per heavy atom. The second-order valence-corrected chi connectivity index (χ2v) is 19.5. The number of aromatic nitrogens is 3. The Hall–Kier alpha value is -5.95. The van der Waals surface area contributed by atoms with Gasteiger partial charge in [0.05, 0.1) is 39.2 Å². The summed E-state index contributed by atoms with van der Waals surface area (Å²) in [6.07, 6.45) is 11.2. The van der Waals surface area contributed by atoms with Crippen molar-refractivity contribution in [1.82, 2.24) is 35.6 Å². The molecule has 2 fully saturated rings. The molecule has 0 spiro atoms. The first-order valence-electron chi connectivity index (χ1n) is 24.6. The molecule has 17 nitrogen and oxygen atoms in total. The second kappa shape index (κ2) is 23.8. The quantitative estimate of drug-likeness (QED) is 0.0356. The number of nitrogens with one attached hydrogen (secondary N) is 4. The molecule has 4 aliphatic rings. The maximum absolute atomic E-state index is 14.1. The zero-order valence-corrected chi connectivity index (χ0v) is 41.3. The van der Waals surface area contributed by atoms with Crippen LogP contribution >= 0.6 is 11.8 Å². The van der Waals surface area contributed by atoms with E-state index in [2.05, 4.69) is 39.4 Å². The summed E-state index contributed by atoms with van der Waals surface area (Å²) in [5, 5.41) is 20.9. The Balaban J connectivity index is 0.803. The number of nitrogens with zero attached hydrogens (tertiary/aromatic N) is 5. The highest BCUT2D eigenvalue weighted by molar-refractivity contribution is 8.13. The fourth-order valence-corrected chi connectivity index (χ4v) is 10.4. The van der Waals surface area contributed by atoms with Crippen LogP contribution in [0.5, 0.6) is 0 Å². The van der Waals surface area contributed by atoms with E-state index in [-0.39, 0.29) is 48.4 Å². The van der Waals surface area contributed by atoms with E-state index < -0.39 is 11.9 Å². The third kappa shape index (κ3) is 12.1. The van der Waals surface area contributed by atoms with E-state index in [1.54, 1.807) is 23.3 Å². The third-order valence-corrected chi connectivity index (χ3v) is 14.4. The first kappa shape index (κ1) is 50.4. The predicted octanol–water partition coefficient (Wildman–Crippen LogP) is 5.84. The van der Waals surface area contributed by atoms with Crippen molar-refractivity contribution in [1.29, 1.82) is 5.41 Å². The Morgan fingerprint density at radius 3 is 2.44 bits per heavy atom. The Kier molecular flexibility index (Phi) is 17.1. The Morgan fingerprint density at radius 2 is 1.66 bits per heavy atom. The normalized spacial score (nSPS) is 18.9. The highest BCUT2D eigenvalue weighted by Crippen LogP contribution is 2.34. The summed E-state index contributed by atoms with van der Waals surface area (Å²) in [5.74, 6) is 0.363. The maximum atomic E-state index is 14.1. The van der Waals surface area contributed by atoms with Crippen molar-refractivity contribution >= 4 is 52.3 Å². The van der Waals surface area contributed by atoms with Crippen molar-refractivity contribution in [3.05, 3.63) is 99.5 Å². The summed E-state index contributed by atoms with van der Waals surface area (Å²) in [7, 11) is 0. The number of carbonyl (C=O) groups excluding carboxylic acids is 5. The smallest absolute Gasteiger partial charge is 0.270 e. The number of carbonyl (C=O) groups is 5. The summed E-state index contributed by atoms with van der Waals surface area (Å²) in [4.78, 5) is 73.3. The van der Waals surface area contributed by atoms with Gasteiger partial charge in [0.1, 0.15) is 17.6 Å². The van der Waals surface area contributed by atoms with Gasteiger partial charge in [-0.15, -0.1) is 0 Å². The molecule has 0 radical (unpaired) electrons. The minimum Gasteiger partial charge on any atom is -0.379 e. The molecule has 2 aromatic carbocycles. The van der Waals surface area contributed by atoms with Crippen LogP contribution in [0.1, 0.15) is 111 Å². The molecule has 5 heterocycles. The van der Waals surface area contributed by atoms with E-state index in [4.69, 9.17) is 29.7 Å². The fraction of sp³-hybridized carbons (Fsp3) is 0.500. The van der Waals surface area contributed by atoms with Gasteiger partial charge in [0, 0.05) is 73.7 Å². The highest BCUT2D eigenvalue weighted by Gasteiger charge is 2.40. The summed E-state index contributed by atoms with van der Waals surface area (Å²) in [6, 6.07) is 14.6. The first-order valence-corrected chi connectivity index (χ1v) is 25.8. The number of piperidine rings is 1. The number of anilines is 1. The number of hydrogen-bond acceptors (Lipinski definition) is 13. The monoisotopic (exact) mass is 975 g/mol. The number of imide groups is 1. The average molecular weight is 976 g/mol. The highest BCUT2D eigenvalue weighted by atomic mass is 32.2. The lowest BCUT2D eigenvalue weighted by Crippen LogP contribution is -2.52. The van der Waals surface area contributed by atoms with Gasteiger partial charge in [-0.2, -0.15) is 5.10 Å². The Labute approximate surface area is 413 Å². The van der Waals surface area contributed by atoms with Crippen molar-refractivity contribution in [2.45, 2.75) is 97.3 Å². The van der Waals surface area contributed by atoms with Crippen molar-refractivity contribution in [2.24, 2.45) is 11.8 Å². The number of aryl methyl sites for hydroxylation is 1. The van der Waals surface area contributed by atoms with Gasteiger partial charge in [-0.1, -0.05) is 55.8 Å². The first-order chi connectivity index (χ1) is 34.0. The summed E-state index contributed by atoms with van der Waals surface area (Å²) >= 11 is 1.17. The van der Waals surface area contributed by atoms with Gasteiger partial charge in [0.15, 0.2) is 5.17 Å². The van der Waals surface area contributed by atoms with Crippen LogP contribution in [0.3, 0.4) is 0 Å². The molecule has 3 aliphatic heterocycles. The maximum Gasteiger partial charge on any atom is 0.270 e. The standard InChI is InChI=1S/C52H65N9O8S/c1-33-8-4-9-35(28-33)30-61-34(2)41(29-55-61)38-15-17-45(59-21-19-37-11-5-13-39(42(37)31-59)48(63)58-52(53)70-3)56-47(38)50(65)54-20-23-68-25-27-69-26-24-67-22-7-12-36-10-6-14-40-43(36)32-60(51(40)66)44-16-18-46(62)57-49(44)64/h5-6,10-11,13-15,17,29,33,35,44H,4,7-9,12,16,18-28,30-32H2,1-3H3,(H,54,65)(H2,53,58,63)(H,57,62,64). The molecule has 8 rings (SSSR count). The fourth-order valence-electron chi connectivity index (χ4n) is 10.2. The second-order valence-electron chi connectivity index (χ2n) is 18.7. The molecule has 1 saturated carbocycles. The van der Waals surface area contributed by atoms with Crippen LogP contribution in [0.25, 0.3) is 11.1 Å². The lowest BCUT2D eigenvalue weighted by molar-refractivity contribution is -0.136. The van der Waals surface area contributed by atoms with E-state index in [1.165, 1.54) is 37.4 Å². The zero-order valence-electron chi connectivity index (χ0n) is 40.5. The topological polar surface area (TPSA) is 210 Å². The van der Waals surface area contributed by atoms with Crippen LogP contribution in [0.15, 0.2) is 54.7 Å². The van der Waals surface area contributed by atoms with Gasteiger partial charge in [-0.25, -0.2) is 4.98 Å². The summed E-state index contributed by atoms with van der Waals surface area (Å²) in [6.45, 7) is 9.24. The summed E-state index contributed by atoms with van der Waals surface area (Å²) < 4.78 is 19.4. The van der Waals surface area contributed by atoms with Crippen LogP contribution < -0.4 is 20.9 Å². The van der Waals surface area contributed by atoms with Crippen molar-refractivity contribution in [2.75, 3.05) is 63.9 Å². The van der Waals surface area contributed by atoms with Gasteiger partial charge in [0.2, 0.25) is 11.8 Å². The van der Waals surface area contributed by atoms with E-state index in [9.17, 15) is 24.0 Å². The number of amidine groups is 1. The van der Waals surface area contributed by atoms with E-state index in [0.717, 1.165) is 52.9 Å². The lowest BCUT2D eigenvalue weighted by Gasteiger charge is -2.31. The van der Waals surface area contributed by atoms with Gasteiger partial charge in [0.25, 0.3) is 17.7 Å². The molecule has 1 aliphatic carbocycles. The summed E-state index contributed by atoms with van der Waals surface area (Å²) in [5.41, 5.74) is 7.92. The predicted molar refractivity (Wildman–Crippen MR) is 267 cm³/mol. The van der Waals surface area contributed by atoms with E-state index >= 15 is 0 Å². The molecular weight excluding hydrogens is 911 g/mol. The molecule has 3 unspecified atom stereocenters. The zero-order chi connectivity index (χ0) is 49.1. The van der Waals surface area contributed by atoms with Crippen molar-refractivity contribution < 1.29 is 38.2 Å². The van der Waals surface area contributed by atoms with Crippen LogP contribution in [0.2, 0.25) is 0 Å². The van der Waals surface area contributed by atoms with Crippen molar-refractivity contribution in [3.8, 4) is 11.1 Å². The van der Waals surface area contributed by atoms with Crippen LogP contribution in [-0.4, -0.2) is 119 Å². The molecular formula is C52H65N9O8S. The largest absolute Gasteiger partial charge is 0.379 e. The molecule has 1 saturated heterocycles. The van der Waals surface area contributed by atoms with Gasteiger partial charge >= 0.3 is 0 Å². The molecule has 70 heavy (non-hydrogen) atoms. The molecule has 2 aromatic heterocycles. The van der Waals surface area contributed by atoms with Crippen LogP contribution in [-0.2, 0) is 56.3 Å². The molecule has 3 atom stereocenters. The Bertz CT molecular complexity index is 2580. The third-order valence-electron chi connectivity index (χ3n) is 13.9. The number of pyridine rings is 1. The molecule has 0 bridgehead atoms. The van der Waals surface area contributed by atoms with Gasteiger partial charge < -0.3 is 34.6 Å². The van der Waals surface area contributed by atoms with E-state index in [0.29, 0.717) is 106 Å². The SMILES string of the molecule is CSC(=N)NC(=O)c1cccc2c1CN(c1ccc(-c3cnn(CC4CCCC(C)C4)c3C)c(C(=O)NCCOCCOCCOCCCc3cccc4c3CN(C3CCC(=O)NC3=O)C4=O)n1)CC2. The number of hydrogen-bond donors (Lipinski definition) is 4. The van der Waals surface area contributed by atoms with Crippen LogP contribution in [0.4, 0.5) is 5.82 Å².